The largest absolute Gasteiger partial charge is 0.476 e. The summed E-state index contributed by atoms with van der Waals surface area (Å²) in [7, 11) is -3.46. The zero-order chi connectivity index (χ0) is 14.9. The van der Waals surface area contributed by atoms with E-state index in [1.165, 1.54) is 4.31 Å². The number of amides is 1. The Hall–Kier alpha value is -1.76. The quantitative estimate of drug-likeness (QED) is 0.893. The van der Waals surface area contributed by atoms with E-state index in [0.717, 1.165) is 6.26 Å². The molecule has 20 heavy (non-hydrogen) atoms. The molecule has 0 unspecified atom stereocenters. The lowest BCUT2D eigenvalue weighted by molar-refractivity contribution is -0.128. The molecule has 1 aliphatic heterocycles. The second-order valence-corrected chi connectivity index (χ2v) is 6.94. The van der Waals surface area contributed by atoms with Gasteiger partial charge in [-0.1, -0.05) is 12.1 Å². The number of carbonyl (C=O) groups is 1. The van der Waals surface area contributed by atoms with E-state index in [-0.39, 0.29) is 18.5 Å². The molecule has 110 valence electrons. The maximum absolute atomic E-state index is 12.0. The molecule has 6 nitrogen and oxygen atoms in total. The minimum Gasteiger partial charge on any atom is -0.476 e. The van der Waals surface area contributed by atoms with Gasteiger partial charge in [-0.05, 0) is 26.0 Å². The average molecular weight is 298 g/mol. The van der Waals surface area contributed by atoms with Crippen LogP contribution in [0.5, 0.6) is 5.75 Å². The van der Waals surface area contributed by atoms with Crippen LogP contribution in [-0.4, -0.2) is 39.3 Å². The smallest absolute Gasteiger partial charge is 0.263 e. The van der Waals surface area contributed by atoms with Crippen molar-refractivity contribution in [2.24, 2.45) is 0 Å². The van der Waals surface area contributed by atoms with Crippen LogP contribution in [0.15, 0.2) is 24.3 Å². The SMILES string of the molecule is CC(C)NC(=O)[C@H]1CN(S(C)(=O)=O)c2ccccc2O1. The maximum atomic E-state index is 12.0. The van der Waals surface area contributed by atoms with Crippen LogP contribution in [0.3, 0.4) is 0 Å². The molecule has 1 aliphatic rings. The molecule has 0 radical (unpaired) electrons. The number of ether oxygens (including phenoxy) is 1. The molecule has 2 rings (SSSR count). The first-order valence-electron chi connectivity index (χ1n) is 6.33. The van der Waals surface area contributed by atoms with Crippen LogP contribution in [0.2, 0.25) is 0 Å². The normalized spacial score (nSPS) is 18.4. The summed E-state index contributed by atoms with van der Waals surface area (Å²) in [5.74, 6) is 0.0798. The Morgan fingerprint density at radius 3 is 2.65 bits per heavy atom. The van der Waals surface area contributed by atoms with E-state index in [2.05, 4.69) is 5.32 Å². The molecule has 1 aromatic carbocycles. The molecule has 1 amide bonds. The molecule has 1 aromatic rings. The zero-order valence-electron chi connectivity index (χ0n) is 11.7. The third-order valence-corrected chi connectivity index (χ3v) is 4.00. The highest BCUT2D eigenvalue weighted by atomic mass is 32.2. The van der Waals surface area contributed by atoms with Gasteiger partial charge in [-0.3, -0.25) is 9.10 Å². The monoisotopic (exact) mass is 298 g/mol. The van der Waals surface area contributed by atoms with Crippen LogP contribution in [0.25, 0.3) is 0 Å². The predicted molar refractivity (Wildman–Crippen MR) is 76.3 cm³/mol. The van der Waals surface area contributed by atoms with Gasteiger partial charge in [0.05, 0.1) is 18.5 Å². The standard InChI is InChI=1S/C13H18N2O4S/c1-9(2)14-13(16)12-8-15(20(3,17)18)10-6-4-5-7-11(10)19-12/h4-7,9,12H,8H2,1-3H3,(H,14,16)/t12-/m1/s1. The molecule has 1 N–H and O–H groups in total. The number of sulfonamides is 1. The summed E-state index contributed by atoms with van der Waals surface area (Å²) in [5.41, 5.74) is 0.462. The van der Waals surface area contributed by atoms with Gasteiger partial charge in [0.25, 0.3) is 5.91 Å². The number of para-hydroxylation sites is 2. The summed E-state index contributed by atoms with van der Waals surface area (Å²) >= 11 is 0. The number of carbonyl (C=O) groups excluding carboxylic acids is 1. The lowest BCUT2D eigenvalue weighted by Gasteiger charge is -2.34. The first-order chi connectivity index (χ1) is 9.29. The first-order valence-corrected chi connectivity index (χ1v) is 8.17. The number of benzene rings is 1. The van der Waals surface area contributed by atoms with Gasteiger partial charge in [-0.15, -0.1) is 0 Å². The highest BCUT2D eigenvalue weighted by Crippen LogP contribution is 2.34. The van der Waals surface area contributed by atoms with Crippen LogP contribution in [0.1, 0.15) is 13.8 Å². The van der Waals surface area contributed by atoms with Gasteiger partial charge in [0.1, 0.15) is 5.75 Å². The molecule has 0 spiro atoms. The lowest BCUT2D eigenvalue weighted by atomic mass is 10.2. The van der Waals surface area contributed by atoms with Crippen molar-refractivity contribution in [3.63, 3.8) is 0 Å². The van der Waals surface area contributed by atoms with Gasteiger partial charge >= 0.3 is 0 Å². The van der Waals surface area contributed by atoms with Crippen molar-refractivity contribution >= 4 is 21.6 Å². The highest BCUT2D eigenvalue weighted by molar-refractivity contribution is 7.92. The second-order valence-electron chi connectivity index (χ2n) is 5.03. The Morgan fingerprint density at radius 1 is 1.40 bits per heavy atom. The molecule has 1 atom stereocenters. The van der Waals surface area contributed by atoms with E-state index in [4.69, 9.17) is 4.74 Å². The van der Waals surface area contributed by atoms with Gasteiger partial charge < -0.3 is 10.1 Å². The topological polar surface area (TPSA) is 75.7 Å². The minimum absolute atomic E-state index is 0.0194. The Bertz CT molecular complexity index is 613. The fraction of sp³-hybridized carbons (Fsp3) is 0.462. The van der Waals surface area contributed by atoms with E-state index in [0.29, 0.717) is 11.4 Å². The van der Waals surface area contributed by atoms with Crippen molar-refractivity contribution in [2.75, 3.05) is 17.1 Å². The van der Waals surface area contributed by atoms with E-state index < -0.39 is 16.1 Å². The minimum atomic E-state index is -3.46. The number of rotatable bonds is 3. The van der Waals surface area contributed by atoms with Crippen molar-refractivity contribution in [3.8, 4) is 5.75 Å². The van der Waals surface area contributed by atoms with Crippen molar-refractivity contribution in [2.45, 2.75) is 26.0 Å². The number of nitrogens with one attached hydrogen (secondary N) is 1. The summed E-state index contributed by atoms with van der Waals surface area (Å²) in [6.45, 7) is 3.65. The van der Waals surface area contributed by atoms with Crippen LogP contribution in [0.4, 0.5) is 5.69 Å². The van der Waals surface area contributed by atoms with E-state index in [1.807, 2.05) is 13.8 Å². The Morgan fingerprint density at radius 2 is 2.05 bits per heavy atom. The van der Waals surface area contributed by atoms with Gasteiger partial charge in [-0.25, -0.2) is 8.42 Å². The van der Waals surface area contributed by atoms with Gasteiger partial charge in [0.15, 0.2) is 6.10 Å². The molecular weight excluding hydrogens is 280 g/mol. The fourth-order valence-corrected chi connectivity index (χ4v) is 2.94. The molecular formula is C13H18N2O4S. The predicted octanol–water partition coefficient (Wildman–Crippen LogP) is 0.738. The van der Waals surface area contributed by atoms with Gasteiger partial charge in [-0.2, -0.15) is 0 Å². The molecule has 1 heterocycles. The average Bonchev–Trinajstić information content (AvgIpc) is 2.35. The Balaban J connectivity index is 2.34. The van der Waals surface area contributed by atoms with Crippen LogP contribution in [-0.2, 0) is 14.8 Å². The summed E-state index contributed by atoms with van der Waals surface area (Å²) < 4.78 is 30.6. The molecule has 7 heteroatoms. The number of hydrogen-bond acceptors (Lipinski definition) is 4. The molecule has 0 aliphatic carbocycles. The van der Waals surface area contributed by atoms with Crippen molar-refractivity contribution in [1.82, 2.24) is 5.32 Å². The van der Waals surface area contributed by atoms with E-state index >= 15 is 0 Å². The summed E-state index contributed by atoms with van der Waals surface area (Å²) in [6.07, 6.45) is 0.272. The van der Waals surface area contributed by atoms with Crippen LogP contribution in [0, 0.1) is 0 Å². The zero-order valence-corrected chi connectivity index (χ0v) is 12.5. The van der Waals surface area contributed by atoms with Crippen LogP contribution >= 0.6 is 0 Å². The van der Waals surface area contributed by atoms with Crippen LogP contribution < -0.4 is 14.4 Å². The second kappa shape index (κ2) is 5.32. The fourth-order valence-electron chi connectivity index (χ4n) is 2.03. The van der Waals surface area contributed by atoms with Crippen molar-refractivity contribution in [3.05, 3.63) is 24.3 Å². The first kappa shape index (κ1) is 14.6. The van der Waals surface area contributed by atoms with Crippen molar-refractivity contribution in [1.29, 1.82) is 0 Å². The highest BCUT2D eigenvalue weighted by Gasteiger charge is 2.34. The molecule has 0 bridgehead atoms. The molecule has 0 fully saturated rings. The third kappa shape index (κ3) is 3.04. The summed E-state index contributed by atoms with van der Waals surface area (Å²) in [6, 6.07) is 6.75. The number of fused-ring (bicyclic) bond motifs is 1. The van der Waals surface area contributed by atoms with Crippen molar-refractivity contribution < 1.29 is 17.9 Å². The lowest BCUT2D eigenvalue weighted by Crippen LogP contribution is -2.51. The summed E-state index contributed by atoms with van der Waals surface area (Å²) in [5, 5.41) is 2.73. The molecule has 0 saturated heterocycles. The van der Waals surface area contributed by atoms with Gasteiger partial charge in [0, 0.05) is 6.04 Å². The molecule has 0 aromatic heterocycles. The number of hydrogen-bond donors (Lipinski definition) is 1. The Labute approximate surface area is 118 Å². The third-order valence-electron chi connectivity index (χ3n) is 2.86. The number of nitrogens with zero attached hydrogens (tertiary/aromatic N) is 1. The number of anilines is 1. The molecule has 0 saturated carbocycles. The van der Waals surface area contributed by atoms with E-state index in [1.54, 1.807) is 24.3 Å². The summed E-state index contributed by atoms with van der Waals surface area (Å²) in [4.78, 5) is 12.0. The van der Waals surface area contributed by atoms with Gasteiger partial charge in [0.2, 0.25) is 10.0 Å². The maximum Gasteiger partial charge on any atom is 0.263 e. The van der Waals surface area contributed by atoms with E-state index in [9.17, 15) is 13.2 Å². The Kier molecular flexibility index (Phi) is 3.89.